The molecule has 0 fully saturated rings. The molecule has 0 bridgehead atoms. The van der Waals surface area contributed by atoms with E-state index in [-0.39, 0.29) is 5.56 Å². The first kappa shape index (κ1) is 18.4. The van der Waals surface area contributed by atoms with Crippen molar-refractivity contribution in [1.29, 1.82) is 0 Å². The Labute approximate surface area is 155 Å². The van der Waals surface area contributed by atoms with Crippen LogP contribution < -0.4 is 10.2 Å². The summed E-state index contributed by atoms with van der Waals surface area (Å²) < 4.78 is 27.3. The number of halogens is 2. The number of carbonyl (C=O) groups excluding carboxylic acids is 1. The van der Waals surface area contributed by atoms with Crippen molar-refractivity contribution in [3.05, 3.63) is 83.8 Å². The van der Waals surface area contributed by atoms with Crippen LogP contribution in [0.3, 0.4) is 0 Å². The predicted octanol–water partition coefficient (Wildman–Crippen LogP) is 3.69. The van der Waals surface area contributed by atoms with Crippen molar-refractivity contribution >= 4 is 17.4 Å². The van der Waals surface area contributed by atoms with Gasteiger partial charge in [0.05, 0.1) is 5.56 Å². The summed E-state index contributed by atoms with van der Waals surface area (Å²) in [4.78, 5) is 22.4. The quantitative estimate of drug-likeness (QED) is 0.721. The average molecular weight is 368 g/mol. The van der Waals surface area contributed by atoms with Gasteiger partial charge in [0.1, 0.15) is 23.1 Å². The fraction of sp³-hybridized carbons (Fsp3) is 0.150. The first-order valence-corrected chi connectivity index (χ1v) is 8.36. The Hall–Kier alpha value is -3.35. The van der Waals surface area contributed by atoms with Crippen molar-refractivity contribution in [2.45, 2.75) is 6.42 Å². The Morgan fingerprint density at radius 3 is 2.41 bits per heavy atom. The first-order chi connectivity index (χ1) is 13.0. The van der Waals surface area contributed by atoms with Gasteiger partial charge in [-0.05, 0) is 48.4 Å². The van der Waals surface area contributed by atoms with Gasteiger partial charge in [-0.2, -0.15) is 0 Å². The number of para-hydroxylation sites is 1. The zero-order chi connectivity index (χ0) is 19.2. The van der Waals surface area contributed by atoms with Gasteiger partial charge in [-0.3, -0.25) is 9.78 Å². The van der Waals surface area contributed by atoms with E-state index < -0.39 is 23.2 Å². The van der Waals surface area contributed by atoms with Crippen molar-refractivity contribution < 1.29 is 13.6 Å². The van der Waals surface area contributed by atoms with Crippen LogP contribution in [0, 0.1) is 11.6 Å². The highest BCUT2D eigenvalue weighted by atomic mass is 19.1. The molecule has 0 spiro atoms. The summed E-state index contributed by atoms with van der Waals surface area (Å²) in [5.74, 6) is -1.59. The van der Waals surface area contributed by atoms with Gasteiger partial charge in [0.15, 0.2) is 0 Å². The van der Waals surface area contributed by atoms with Crippen molar-refractivity contribution in [2.75, 3.05) is 23.8 Å². The minimum Gasteiger partial charge on any atom is -0.359 e. The summed E-state index contributed by atoms with van der Waals surface area (Å²) in [6.07, 6.45) is 5.71. The highest BCUT2D eigenvalue weighted by Crippen LogP contribution is 2.19. The lowest BCUT2D eigenvalue weighted by molar-refractivity contribution is 0.102. The second kappa shape index (κ2) is 8.35. The molecule has 138 valence electrons. The highest BCUT2D eigenvalue weighted by molar-refractivity contribution is 6.04. The van der Waals surface area contributed by atoms with Crippen molar-refractivity contribution in [3.63, 3.8) is 0 Å². The van der Waals surface area contributed by atoms with Crippen molar-refractivity contribution in [2.24, 2.45) is 0 Å². The Morgan fingerprint density at radius 1 is 1.07 bits per heavy atom. The van der Waals surface area contributed by atoms with Crippen molar-refractivity contribution in [3.8, 4) is 0 Å². The molecule has 0 atom stereocenters. The van der Waals surface area contributed by atoms with E-state index in [1.165, 1.54) is 17.8 Å². The van der Waals surface area contributed by atoms with Gasteiger partial charge in [0.2, 0.25) is 0 Å². The van der Waals surface area contributed by atoms with Gasteiger partial charge in [0.25, 0.3) is 5.91 Å². The first-order valence-electron chi connectivity index (χ1n) is 8.36. The third-order valence-corrected chi connectivity index (χ3v) is 4.09. The monoisotopic (exact) mass is 368 g/mol. The van der Waals surface area contributed by atoms with Crippen LogP contribution in [-0.2, 0) is 6.42 Å². The molecule has 2 heterocycles. The van der Waals surface area contributed by atoms with Crippen LogP contribution in [0.2, 0.25) is 0 Å². The maximum absolute atomic E-state index is 13.6. The molecule has 0 radical (unpaired) electrons. The SMILES string of the molecule is CN(CCc1ccncc1)c1ccc(C(=O)Nc2c(F)cccc2F)cn1. The van der Waals surface area contributed by atoms with E-state index in [0.29, 0.717) is 5.82 Å². The van der Waals surface area contributed by atoms with E-state index in [9.17, 15) is 13.6 Å². The normalized spacial score (nSPS) is 10.5. The van der Waals surface area contributed by atoms with Crippen LogP contribution >= 0.6 is 0 Å². The molecule has 3 rings (SSSR count). The number of hydrogen-bond acceptors (Lipinski definition) is 4. The molecule has 1 aromatic carbocycles. The molecule has 2 aromatic heterocycles. The second-order valence-electron chi connectivity index (χ2n) is 5.98. The van der Waals surface area contributed by atoms with Crippen LogP contribution in [0.4, 0.5) is 20.3 Å². The third kappa shape index (κ3) is 4.63. The highest BCUT2D eigenvalue weighted by Gasteiger charge is 2.14. The van der Waals surface area contributed by atoms with Gasteiger partial charge in [0, 0.05) is 32.2 Å². The average Bonchev–Trinajstić information content (AvgIpc) is 2.70. The molecule has 3 aromatic rings. The lowest BCUT2D eigenvalue weighted by Crippen LogP contribution is -2.22. The number of aromatic nitrogens is 2. The predicted molar refractivity (Wildman–Crippen MR) is 99.8 cm³/mol. The molecular weight excluding hydrogens is 350 g/mol. The standard InChI is InChI=1S/C20H18F2N4O/c1-26(12-9-14-7-10-23-11-8-14)18-6-5-15(13-24-18)20(27)25-19-16(21)3-2-4-17(19)22/h2-8,10-11,13H,9,12H2,1H3,(H,25,27). The smallest absolute Gasteiger partial charge is 0.257 e. The number of pyridine rings is 2. The molecular formula is C20H18F2N4O. The van der Waals surface area contributed by atoms with E-state index in [4.69, 9.17) is 0 Å². The Bertz CT molecular complexity index is 897. The van der Waals surface area contributed by atoms with Gasteiger partial charge < -0.3 is 10.2 Å². The minimum atomic E-state index is -0.830. The van der Waals surface area contributed by atoms with E-state index in [0.717, 1.165) is 25.1 Å². The fourth-order valence-corrected chi connectivity index (χ4v) is 2.51. The van der Waals surface area contributed by atoms with E-state index in [1.807, 2.05) is 24.1 Å². The maximum atomic E-state index is 13.6. The van der Waals surface area contributed by atoms with Crippen LogP contribution in [0.15, 0.2) is 61.1 Å². The van der Waals surface area contributed by atoms with Gasteiger partial charge in [-0.1, -0.05) is 6.07 Å². The molecule has 0 saturated heterocycles. The number of amides is 1. The van der Waals surface area contributed by atoms with E-state index in [2.05, 4.69) is 15.3 Å². The lowest BCUT2D eigenvalue weighted by atomic mass is 10.2. The number of hydrogen-bond donors (Lipinski definition) is 1. The molecule has 1 amide bonds. The number of anilines is 2. The zero-order valence-corrected chi connectivity index (χ0v) is 14.7. The Kier molecular flexibility index (Phi) is 5.71. The van der Waals surface area contributed by atoms with Crippen LogP contribution in [0.1, 0.15) is 15.9 Å². The minimum absolute atomic E-state index is 0.212. The largest absolute Gasteiger partial charge is 0.359 e. The Balaban J connectivity index is 1.63. The second-order valence-corrected chi connectivity index (χ2v) is 5.98. The van der Waals surface area contributed by atoms with Gasteiger partial charge in [-0.15, -0.1) is 0 Å². The summed E-state index contributed by atoms with van der Waals surface area (Å²) >= 11 is 0. The number of nitrogens with one attached hydrogen (secondary N) is 1. The molecule has 0 aliphatic heterocycles. The number of rotatable bonds is 6. The molecule has 0 saturated carbocycles. The molecule has 27 heavy (non-hydrogen) atoms. The summed E-state index contributed by atoms with van der Waals surface area (Å²) in [5.41, 5.74) is 0.907. The number of nitrogens with zero attached hydrogens (tertiary/aromatic N) is 3. The number of carbonyl (C=O) groups is 1. The van der Waals surface area contributed by atoms with Gasteiger partial charge >= 0.3 is 0 Å². The molecule has 5 nitrogen and oxygen atoms in total. The van der Waals surface area contributed by atoms with E-state index >= 15 is 0 Å². The lowest BCUT2D eigenvalue weighted by Gasteiger charge is -2.18. The topological polar surface area (TPSA) is 58.1 Å². The van der Waals surface area contributed by atoms with Crippen molar-refractivity contribution in [1.82, 2.24) is 9.97 Å². The molecule has 7 heteroatoms. The summed E-state index contributed by atoms with van der Waals surface area (Å²) in [7, 11) is 1.90. The molecule has 0 unspecified atom stereocenters. The van der Waals surface area contributed by atoms with E-state index in [1.54, 1.807) is 24.5 Å². The van der Waals surface area contributed by atoms with Crippen LogP contribution in [0.25, 0.3) is 0 Å². The summed E-state index contributed by atoms with van der Waals surface area (Å²) in [5, 5.41) is 2.24. The van der Waals surface area contributed by atoms with Gasteiger partial charge in [-0.25, -0.2) is 13.8 Å². The summed E-state index contributed by atoms with van der Waals surface area (Å²) in [6, 6.07) is 10.6. The fourth-order valence-electron chi connectivity index (χ4n) is 2.51. The summed E-state index contributed by atoms with van der Waals surface area (Å²) in [6.45, 7) is 0.739. The van der Waals surface area contributed by atoms with Crippen LogP contribution in [0.5, 0.6) is 0 Å². The molecule has 0 aliphatic carbocycles. The third-order valence-electron chi connectivity index (χ3n) is 4.09. The molecule has 1 N–H and O–H groups in total. The zero-order valence-electron chi connectivity index (χ0n) is 14.7. The molecule has 0 aliphatic rings. The number of likely N-dealkylation sites (N-methyl/N-ethyl adjacent to an activating group) is 1. The number of benzene rings is 1. The van der Waals surface area contributed by atoms with Crippen LogP contribution in [-0.4, -0.2) is 29.5 Å². The Morgan fingerprint density at radius 2 is 1.78 bits per heavy atom. The maximum Gasteiger partial charge on any atom is 0.257 e.